The van der Waals surface area contributed by atoms with E-state index in [1.165, 1.54) is 0 Å². The van der Waals surface area contributed by atoms with Gasteiger partial charge >= 0.3 is 0 Å². The van der Waals surface area contributed by atoms with Crippen molar-refractivity contribution in [2.45, 2.75) is 19.9 Å². The normalized spacial score (nSPS) is 14.9. The SMILES string of the molecule is COc1ccccc1[C@@H](C)NS(=O)(=O)CC(C)CCl. The molecule has 0 saturated carbocycles. The topological polar surface area (TPSA) is 55.4 Å². The number of halogens is 1. The highest BCUT2D eigenvalue weighted by Gasteiger charge is 2.20. The molecule has 108 valence electrons. The number of methoxy groups -OCH3 is 1. The highest BCUT2D eigenvalue weighted by Crippen LogP contribution is 2.25. The van der Waals surface area contributed by atoms with Crippen LogP contribution in [-0.4, -0.2) is 27.2 Å². The van der Waals surface area contributed by atoms with Crippen molar-refractivity contribution in [1.82, 2.24) is 4.72 Å². The Balaban J connectivity index is 2.81. The molecule has 1 N–H and O–H groups in total. The van der Waals surface area contributed by atoms with Gasteiger partial charge in [-0.05, 0) is 18.9 Å². The van der Waals surface area contributed by atoms with Crippen molar-refractivity contribution < 1.29 is 13.2 Å². The van der Waals surface area contributed by atoms with Gasteiger partial charge in [-0.3, -0.25) is 0 Å². The molecule has 0 heterocycles. The van der Waals surface area contributed by atoms with Crippen LogP contribution in [0, 0.1) is 5.92 Å². The van der Waals surface area contributed by atoms with Gasteiger partial charge < -0.3 is 4.74 Å². The van der Waals surface area contributed by atoms with Gasteiger partial charge in [0.2, 0.25) is 10.0 Å². The number of sulfonamides is 1. The molecule has 1 unspecified atom stereocenters. The van der Waals surface area contributed by atoms with E-state index in [0.29, 0.717) is 11.6 Å². The van der Waals surface area contributed by atoms with E-state index in [2.05, 4.69) is 4.72 Å². The molecule has 1 rings (SSSR count). The summed E-state index contributed by atoms with van der Waals surface area (Å²) in [5, 5.41) is 0. The highest BCUT2D eigenvalue weighted by molar-refractivity contribution is 7.89. The van der Waals surface area contributed by atoms with Gasteiger partial charge in [-0.15, -0.1) is 11.6 Å². The van der Waals surface area contributed by atoms with Crippen LogP contribution >= 0.6 is 11.6 Å². The van der Waals surface area contributed by atoms with E-state index in [-0.39, 0.29) is 17.7 Å². The van der Waals surface area contributed by atoms with Gasteiger partial charge in [0.15, 0.2) is 0 Å². The molecular formula is C13H20ClNO3S. The summed E-state index contributed by atoms with van der Waals surface area (Å²) in [6.07, 6.45) is 0. The predicted octanol–water partition coefficient (Wildman–Crippen LogP) is 2.55. The lowest BCUT2D eigenvalue weighted by Crippen LogP contribution is -2.32. The predicted molar refractivity (Wildman–Crippen MR) is 78.2 cm³/mol. The average molecular weight is 306 g/mol. The van der Waals surface area contributed by atoms with Crippen LogP contribution < -0.4 is 9.46 Å². The van der Waals surface area contributed by atoms with Crippen LogP contribution in [0.3, 0.4) is 0 Å². The third kappa shape index (κ3) is 5.01. The number of nitrogens with one attached hydrogen (secondary N) is 1. The molecule has 0 amide bonds. The zero-order chi connectivity index (χ0) is 14.5. The minimum atomic E-state index is -3.36. The maximum Gasteiger partial charge on any atom is 0.212 e. The number of alkyl halides is 1. The smallest absolute Gasteiger partial charge is 0.212 e. The molecule has 0 aliphatic heterocycles. The lowest BCUT2D eigenvalue weighted by molar-refractivity contribution is 0.405. The Morgan fingerprint density at radius 3 is 2.53 bits per heavy atom. The van der Waals surface area contributed by atoms with E-state index >= 15 is 0 Å². The molecule has 0 spiro atoms. The maximum atomic E-state index is 12.0. The number of rotatable bonds is 7. The first-order chi connectivity index (χ1) is 8.89. The standard InChI is InChI=1S/C13H20ClNO3S/c1-10(8-14)9-19(16,17)15-11(2)12-6-4-5-7-13(12)18-3/h4-7,10-11,15H,8-9H2,1-3H3/t10?,11-/m1/s1. The van der Waals surface area contributed by atoms with Crippen molar-refractivity contribution in [2.75, 3.05) is 18.7 Å². The van der Waals surface area contributed by atoms with Crippen molar-refractivity contribution in [3.05, 3.63) is 29.8 Å². The highest BCUT2D eigenvalue weighted by atomic mass is 35.5. The van der Waals surface area contributed by atoms with Gasteiger partial charge in [-0.2, -0.15) is 0 Å². The monoisotopic (exact) mass is 305 g/mol. The fraction of sp³-hybridized carbons (Fsp3) is 0.538. The van der Waals surface area contributed by atoms with Crippen molar-refractivity contribution in [3.8, 4) is 5.75 Å². The number of hydrogen-bond acceptors (Lipinski definition) is 3. The molecule has 0 aromatic heterocycles. The average Bonchev–Trinajstić information content (AvgIpc) is 2.37. The van der Waals surface area contributed by atoms with Crippen LogP contribution in [-0.2, 0) is 10.0 Å². The molecule has 1 aromatic rings. The molecule has 0 aliphatic carbocycles. The van der Waals surface area contributed by atoms with Gasteiger partial charge in [0.25, 0.3) is 0 Å². The summed E-state index contributed by atoms with van der Waals surface area (Å²) in [5.41, 5.74) is 0.812. The van der Waals surface area contributed by atoms with Gasteiger partial charge in [-0.25, -0.2) is 13.1 Å². The fourth-order valence-electron chi connectivity index (χ4n) is 1.82. The van der Waals surface area contributed by atoms with E-state index in [1.807, 2.05) is 24.3 Å². The van der Waals surface area contributed by atoms with E-state index in [1.54, 1.807) is 21.0 Å². The third-order valence-corrected chi connectivity index (χ3v) is 4.98. The molecule has 0 bridgehead atoms. The van der Waals surface area contributed by atoms with Crippen LogP contribution in [0.2, 0.25) is 0 Å². The molecular weight excluding hydrogens is 286 g/mol. The van der Waals surface area contributed by atoms with Crippen LogP contribution in [0.15, 0.2) is 24.3 Å². The molecule has 2 atom stereocenters. The minimum absolute atomic E-state index is 0.0238. The molecule has 4 nitrogen and oxygen atoms in total. The Morgan fingerprint density at radius 1 is 1.32 bits per heavy atom. The summed E-state index contributed by atoms with van der Waals surface area (Å²) < 4.78 is 31.8. The van der Waals surface area contributed by atoms with Crippen molar-refractivity contribution in [3.63, 3.8) is 0 Å². The van der Waals surface area contributed by atoms with E-state index < -0.39 is 10.0 Å². The van der Waals surface area contributed by atoms with Gasteiger partial charge in [0.05, 0.1) is 12.9 Å². The first-order valence-corrected chi connectivity index (χ1v) is 8.27. The van der Waals surface area contributed by atoms with Crippen LogP contribution in [0.4, 0.5) is 0 Å². The zero-order valence-electron chi connectivity index (χ0n) is 11.4. The zero-order valence-corrected chi connectivity index (χ0v) is 13.0. The Morgan fingerprint density at radius 2 is 1.95 bits per heavy atom. The van der Waals surface area contributed by atoms with E-state index in [0.717, 1.165) is 5.56 Å². The Bertz CT molecular complexity index is 504. The third-order valence-electron chi connectivity index (χ3n) is 2.73. The summed E-state index contributed by atoms with van der Waals surface area (Å²) in [6.45, 7) is 3.60. The molecule has 0 saturated heterocycles. The fourth-order valence-corrected chi connectivity index (χ4v) is 3.69. The maximum absolute atomic E-state index is 12.0. The minimum Gasteiger partial charge on any atom is -0.496 e. The number of hydrogen-bond donors (Lipinski definition) is 1. The van der Waals surface area contributed by atoms with Crippen molar-refractivity contribution >= 4 is 21.6 Å². The molecule has 0 fully saturated rings. The van der Waals surface area contributed by atoms with E-state index in [9.17, 15) is 8.42 Å². The summed E-state index contributed by atoms with van der Waals surface area (Å²) >= 11 is 5.65. The number of ether oxygens (including phenoxy) is 1. The second-order valence-corrected chi connectivity index (χ2v) is 6.73. The van der Waals surface area contributed by atoms with Crippen molar-refractivity contribution in [1.29, 1.82) is 0 Å². The van der Waals surface area contributed by atoms with Crippen LogP contribution in [0.5, 0.6) is 5.75 Å². The summed E-state index contributed by atoms with van der Waals surface area (Å²) in [7, 11) is -1.79. The van der Waals surface area contributed by atoms with Gasteiger partial charge in [-0.1, -0.05) is 25.1 Å². The van der Waals surface area contributed by atoms with E-state index in [4.69, 9.17) is 16.3 Å². The molecule has 19 heavy (non-hydrogen) atoms. The van der Waals surface area contributed by atoms with Gasteiger partial charge in [0.1, 0.15) is 5.75 Å². The number of para-hydroxylation sites is 1. The second-order valence-electron chi connectivity index (χ2n) is 4.62. The second kappa shape index (κ2) is 7.12. The van der Waals surface area contributed by atoms with Crippen LogP contribution in [0.25, 0.3) is 0 Å². The summed E-state index contributed by atoms with van der Waals surface area (Å²) in [5.74, 6) is 0.937. The Labute approximate surface area is 120 Å². The molecule has 1 aromatic carbocycles. The lowest BCUT2D eigenvalue weighted by atomic mass is 10.1. The molecule has 0 aliphatic rings. The molecule has 0 radical (unpaired) electrons. The lowest BCUT2D eigenvalue weighted by Gasteiger charge is -2.18. The summed E-state index contributed by atoms with van der Waals surface area (Å²) in [4.78, 5) is 0. The Hall–Kier alpha value is -0.780. The summed E-state index contributed by atoms with van der Waals surface area (Å²) in [6, 6.07) is 7.01. The first-order valence-electron chi connectivity index (χ1n) is 6.08. The van der Waals surface area contributed by atoms with Crippen molar-refractivity contribution in [2.24, 2.45) is 5.92 Å². The molecule has 6 heteroatoms. The largest absolute Gasteiger partial charge is 0.496 e. The number of benzene rings is 1. The van der Waals surface area contributed by atoms with Crippen LogP contribution in [0.1, 0.15) is 25.5 Å². The Kier molecular flexibility index (Phi) is 6.10. The quantitative estimate of drug-likeness (QED) is 0.788. The first kappa shape index (κ1) is 16.3. The van der Waals surface area contributed by atoms with Gasteiger partial charge in [0, 0.05) is 17.5 Å².